The minimum atomic E-state index is 0.300. The van der Waals surface area contributed by atoms with Gasteiger partial charge in [0.05, 0.1) is 11.0 Å². The van der Waals surface area contributed by atoms with Crippen LogP contribution in [0.2, 0.25) is 0 Å². The van der Waals surface area contributed by atoms with E-state index in [4.69, 9.17) is 10.7 Å². The molecular weight excluding hydrogens is 394 g/mol. The largest absolute Gasteiger partial charge is 0.398 e. The molecule has 0 bridgehead atoms. The normalized spacial score (nSPS) is 11.5. The van der Waals surface area contributed by atoms with Gasteiger partial charge in [0.1, 0.15) is 5.82 Å². The van der Waals surface area contributed by atoms with Crippen molar-refractivity contribution in [3.63, 3.8) is 0 Å². The molecule has 2 aromatic carbocycles. The summed E-state index contributed by atoms with van der Waals surface area (Å²) < 4.78 is 4.22. The van der Waals surface area contributed by atoms with Gasteiger partial charge >= 0.3 is 0 Å². The first-order valence-electron chi connectivity index (χ1n) is 6.70. The van der Waals surface area contributed by atoms with E-state index in [2.05, 4.69) is 56.3 Å². The van der Waals surface area contributed by atoms with Crippen LogP contribution >= 0.6 is 31.9 Å². The summed E-state index contributed by atoms with van der Waals surface area (Å²) in [5.41, 5.74) is 9.95. The van der Waals surface area contributed by atoms with E-state index < -0.39 is 0 Å². The van der Waals surface area contributed by atoms with Gasteiger partial charge in [0, 0.05) is 26.2 Å². The highest BCUT2D eigenvalue weighted by atomic mass is 79.9. The van der Waals surface area contributed by atoms with Gasteiger partial charge in [0.25, 0.3) is 0 Å². The molecule has 1 aromatic heterocycles. The summed E-state index contributed by atoms with van der Waals surface area (Å²) in [5, 5.41) is 0. The fourth-order valence-corrected chi connectivity index (χ4v) is 3.25. The predicted octanol–water partition coefficient (Wildman–Crippen LogP) is 5.39. The average molecular weight is 409 g/mol. The summed E-state index contributed by atoms with van der Waals surface area (Å²) in [5.74, 6) is 0.906. The third kappa shape index (κ3) is 2.60. The Hall–Kier alpha value is -1.33. The molecule has 3 rings (SSSR count). The molecule has 0 unspecified atom stereocenters. The van der Waals surface area contributed by atoms with E-state index in [1.54, 1.807) is 0 Å². The molecule has 0 saturated carbocycles. The Labute approximate surface area is 140 Å². The quantitative estimate of drug-likeness (QED) is 0.577. The van der Waals surface area contributed by atoms with E-state index in [1.165, 1.54) is 0 Å². The van der Waals surface area contributed by atoms with Gasteiger partial charge in [0.15, 0.2) is 0 Å². The maximum Gasteiger partial charge on any atom is 0.143 e. The Bertz CT molecular complexity index is 822. The molecule has 2 N–H and O–H groups in total. The van der Waals surface area contributed by atoms with E-state index in [9.17, 15) is 0 Å². The van der Waals surface area contributed by atoms with Crippen LogP contribution in [0.4, 0.5) is 5.69 Å². The van der Waals surface area contributed by atoms with E-state index in [0.717, 1.165) is 37.1 Å². The number of rotatable bonds is 2. The van der Waals surface area contributed by atoms with Gasteiger partial charge in [-0.1, -0.05) is 31.9 Å². The first-order valence-corrected chi connectivity index (χ1v) is 8.29. The highest BCUT2D eigenvalue weighted by Crippen LogP contribution is 2.33. The van der Waals surface area contributed by atoms with Crippen LogP contribution in [0, 0.1) is 0 Å². The molecule has 21 heavy (non-hydrogen) atoms. The van der Waals surface area contributed by atoms with E-state index in [0.29, 0.717) is 6.04 Å². The van der Waals surface area contributed by atoms with Gasteiger partial charge in [-0.2, -0.15) is 0 Å². The molecule has 108 valence electrons. The molecule has 1 heterocycles. The SMILES string of the molecule is CC(C)n1c(-c2ccc(Br)cc2N)nc2cc(Br)ccc21. The second-order valence-corrected chi connectivity index (χ2v) is 7.10. The minimum absolute atomic E-state index is 0.300. The molecule has 0 saturated heterocycles. The Morgan fingerprint density at radius 1 is 1.05 bits per heavy atom. The first-order chi connectivity index (χ1) is 9.97. The second kappa shape index (κ2) is 5.46. The molecule has 3 nitrogen and oxygen atoms in total. The highest BCUT2D eigenvalue weighted by molar-refractivity contribution is 9.10. The third-order valence-corrected chi connectivity index (χ3v) is 4.41. The van der Waals surface area contributed by atoms with Crippen molar-refractivity contribution in [1.29, 1.82) is 0 Å². The number of nitrogens with two attached hydrogens (primary N) is 1. The van der Waals surface area contributed by atoms with E-state index in [-0.39, 0.29) is 0 Å². The van der Waals surface area contributed by atoms with Gasteiger partial charge in [-0.25, -0.2) is 4.98 Å². The lowest BCUT2D eigenvalue weighted by atomic mass is 10.1. The molecular formula is C16H15Br2N3. The number of nitrogen functional groups attached to an aromatic ring is 1. The molecule has 0 aliphatic rings. The number of anilines is 1. The number of hydrogen-bond donors (Lipinski definition) is 1. The van der Waals surface area contributed by atoms with Crippen LogP contribution < -0.4 is 5.73 Å². The smallest absolute Gasteiger partial charge is 0.143 e. The molecule has 5 heteroatoms. The summed E-state index contributed by atoms with van der Waals surface area (Å²) in [4.78, 5) is 4.79. The number of imidazole rings is 1. The second-order valence-electron chi connectivity index (χ2n) is 5.26. The predicted molar refractivity (Wildman–Crippen MR) is 95.4 cm³/mol. The Kier molecular flexibility index (Phi) is 3.80. The van der Waals surface area contributed by atoms with Crippen LogP contribution in [0.15, 0.2) is 45.3 Å². The van der Waals surface area contributed by atoms with Crippen molar-refractivity contribution in [2.24, 2.45) is 0 Å². The molecule has 0 spiro atoms. The molecule has 0 amide bonds. The van der Waals surface area contributed by atoms with Gasteiger partial charge in [-0.3, -0.25) is 0 Å². The van der Waals surface area contributed by atoms with Gasteiger partial charge < -0.3 is 10.3 Å². The number of hydrogen-bond acceptors (Lipinski definition) is 2. The van der Waals surface area contributed by atoms with Crippen LogP contribution in [0.1, 0.15) is 19.9 Å². The average Bonchev–Trinajstić information content (AvgIpc) is 2.76. The summed E-state index contributed by atoms with van der Waals surface area (Å²) in [7, 11) is 0. The lowest BCUT2D eigenvalue weighted by Gasteiger charge is -2.14. The lowest BCUT2D eigenvalue weighted by molar-refractivity contribution is 0.624. The standard InChI is InChI=1S/C16H15Br2N3/c1-9(2)21-15-6-4-11(18)8-14(15)20-16(21)12-5-3-10(17)7-13(12)19/h3-9H,19H2,1-2H3. The van der Waals surface area contributed by atoms with Gasteiger partial charge in [-0.15, -0.1) is 0 Å². The van der Waals surface area contributed by atoms with Crippen LogP contribution in [0.3, 0.4) is 0 Å². The number of benzene rings is 2. The Morgan fingerprint density at radius 3 is 2.38 bits per heavy atom. The fraction of sp³-hybridized carbons (Fsp3) is 0.188. The van der Waals surface area contributed by atoms with Crippen molar-refractivity contribution in [2.45, 2.75) is 19.9 Å². The van der Waals surface area contributed by atoms with Crippen LogP contribution in [-0.2, 0) is 0 Å². The topological polar surface area (TPSA) is 43.8 Å². The minimum Gasteiger partial charge on any atom is -0.398 e. The Morgan fingerprint density at radius 2 is 1.71 bits per heavy atom. The van der Waals surface area contributed by atoms with E-state index in [1.807, 2.05) is 30.3 Å². The molecule has 0 atom stereocenters. The van der Waals surface area contributed by atoms with Crippen molar-refractivity contribution in [2.75, 3.05) is 5.73 Å². The lowest BCUT2D eigenvalue weighted by Crippen LogP contribution is -2.04. The van der Waals surface area contributed by atoms with Gasteiger partial charge in [0.2, 0.25) is 0 Å². The van der Waals surface area contributed by atoms with Crippen LogP contribution in [0.5, 0.6) is 0 Å². The summed E-state index contributed by atoms with van der Waals surface area (Å²) in [6.45, 7) is 4.31. The number of aromatic nitrogens is 2. The Balaban J connectivity index is 2.33. The summed E-state index contributed by atoms with van der Waals surface area (Å²) in [6.07, 6.45) is 0. The molecule has 0 radical (unpaired) electrons. The summed E-state index contributed by atoms with van der Waals surface area (Å²) >= 11 is 6.95. The molecule has 0 fully saturated rings. The monoisotopic (exact) mass is 407 g/mol. The zero-order valence-electron chi connectivity index (χ0n) is 11.8. The fourth-order valence-electron chi connectivity index (χ4n) is 2.52. The van der Waals surface area contributed by atoms with Crippen molar-refractivity contribution < 1.29 is 0 Å². The maximum atomic E-state index is 6.18. The molecule has 0 aliphatic heterocycles. The zero-order valence-corrected chi connectivity index (χ0v) is 14.9. The van der Waals surface area contributed by atoms with Crippen LogP contribution in [0.25, 0.3) is 22.4 Å². The van der Waals surface area contributed by atoms with Crippen molar-refractivity contribution in [3.8, 4) is 11.4 Å². The van der Waals surface area contributed by atoms with Crippen molar-refractivity contribution >= 4 is 48.6 Å². The van der Waals surface area contributed by atoms with Crippen molar-refractivity contribution in [3.05, 3.63) is 45.3 Å². The van der Waals surface area contributed by atoms with Crippen molar-refractivity contribution in [1.82, 2.24) is 9.55 Å². The number of nitrogens with zero attached hydrogens (tertiary/aromatic N) is 2. The maximum absolute atomic E-state index is 6.18. The number of halogens is 2. The van der Waals surface area contributed by atoms with Crippen LogP contribution in [-0.4, -0.2) is 9.55 Å². The number of fused-ring (bicyclic) bond motifs is 1. The third-order valence-electron chi connectivity index (χ3n) is 3.42. The van der Waals surface area contributed by atoms with E-state index >= 15 is 0 Å². The first kappa shape index (κ1) is 14.6. The molecule has 0 aliphatic carbocycles. The zero-order chi connectivity index (χ0) is 15.1. The highest BCUT2D eigenvalue weighted by Gasteiger charge is 2.17. The van der Waals surface area contributed by atoms with Gasteiger partial charge in [-0.05, 0) is 50.2 Å². The summed E-state index contributed by atoms with van der Waals surface area (Å²) in [6, 6.07) is 12.4. The molecule has 3 aromatic rings.